The number of halogens is 1. The number of benzene rings is 2. The van der Waals surface area contributed by atoms with Crippen molar-refractivity contribution in [3.8, 4) is 11.5 Å². The molecule has 0 radical (unpaired) electrons. The first-order chi connectivity index (χ1) is 11.4. The van der Waals surface area contributed by atoms with Crippen LogP contribution < -0.4 is 14.8 Å². The summed E-state index contributed by atoms with van der Waals surface area (Å²) in [5.41, 5.74) is 0.271. The molecule has 5 nitrogen and oxygen atoms in total. The second-order valence-corrected chi connectivity index (χ2v) is 6.36. The topological polar surface area (TPSA) is 67.8 Å². The molecular weight excluding hydrogens is 330 g/mol. The maximum absolute atomic E-state index is 12.1. The third kappa shape index (κ3) is 3.80. The van der Waals surface area contributed by atoms with E-state index in [0.29, 0.717) is 22.1 Å². The Kier molecular flexibility index (Phi) is 4.64. The third-order valence-corrected chi connectivity index (χ3v) is 4.11. The largest absolute Gasteiger partial charge is 0.454 e. The fourth-order valence-corrected chi connectivity index (χ4v) is 2.69. The van der Waals surface area contributed by atoms with Gasteiger partial charge in [0.1, 0.15) is 5.60 Å². The van der Waals surface area contributed by atoms with Gasteiger partial charge in [0.15, 0.2) is 11.5 Å². The first-order valence-corrected chi connectivity index (χ1v) is 7.95. The number of nitrogens with one attached hydrogen (secondary N) is 1. The molecule has 0 aliphatic carbocycles. The Morgan fingerprint density at radius 2 is 2.04 bits per heavy atom. The Bertz CT molecular complexity index is 760. The third-order valence-electron chi connectivity index (χ3n) is 3.88. The highest BCUT2D eigenvalue weighted by atomic mass is 35.5. The number of hydrogen-bond donors (Lipinski definition) is 2. The Balaban J connectivity index is 1.59. The minimum absolute atomic E-state index is 0.0940. The lowest BCUT2D eigenvalue weighted by Crippen LogP contribution is -2.39. The molecule has 3 rings (SSSR count). The molecule has 1 aliphatic heterocycles. The van der Waals surface area contributed by atoms with E-state index >= 15 is 0 Å². The molecule has 1 aliphatic rings. The van der Waals surface area contributed by atoms with Gasteiger partial charge >= 0.3 is 0 Å². The molecule has 0 bridgehead atoms. The summed E-state index contributed by atoms with van der Waals surface area (Å²) >= 11 is 5.95. The number of fused-ring (bicyclic) bond motifs is 1. The summed E-state index contributed by atoms with van der Waals surface area (Å²) < 4.78 is 10.5. The SMILES string of the molecule is C[C@](O)(CNC(=O)Cc1ccc2c(c1)OCO2)c1cccc(Cl)c1. The number of carbonyl (C=O) groups is 1. The maximum Gasteiger partial charge on any atom is 0.231 e. The van der Waals surface area contributed by atoms with Crippen LogP contribution in [0.25, 0.3) is 0 Å². The van der Waals surface area contributed by atoms with Crippen LogP contribution >= 0.6 is 11.6 Å². The van der Waals surface area contributed by atoms with Gasteiger partial charge < -0.3 is 19.9 Å². The first-order valence-electron chi connectivity index (χ1n) is 7.58. The Hall–Kier alpha value is -2.24. The van der Waals surface area contributed by atoms with Gasteiger partial charge in [-0.3, -0.25) is 4.79 Å². The number of hydrogen-bond acceptors (Lipinski definition) is 4. The van der Waals surface area contributed by atoms with Gasteiger partial charge in [0, 0.05) is 5.02 Å². The van der Waals surface area contributed by atoms with Crippen molar-refractivity contribution < 1.29 is 19.4 Å². The van der Waals surface area contributed by atoms with Crippen LogP contribution in [0.4, 0.5) is 0 Å². The minimum atomic E-state index is -1.20. The Labute approximate surface area is 145 Å². The number of rotatable bonds is 5. The van der Waals surface area contributed by atoms with E-state index in [2.05, 4.69) is 5.32 Å². The quantitative estimate of drug-likeness (QED) is 0.872. The van der Waals surface area contributed by atoms with E-state index in [1.165, 1.54) is 0 Å². The molecule has 2 aromatic carbocycles. The molecule has 2 aromatic rings. The second kappa shape index (κ2) is 6.71. The van der Waals surface area contributed by atoms with Crippen LogP contribution in [0.1, 0.15) is 18.1 Å². The van der Waals surface area contributed by atoms with Crippen molar-refractivity contribution in [2.75, 3.05) is 13.3 Å². The molecule has 6 heteroatoms. The molecule has 0 spiro atoms. The standard InChI is InChI=1S/C18H18ClNO4/c1-18(22,13-3-2-4-14(19)9-13)10-20-17(21)8-12-5-6-15-16(7-12)24-11-23-15/h2-7,9,22H,8,10-11H2,1H3,(H,20,21)/t18-/m0/s1. The Morgan fingerprint density at radius 1 is 1.25 bits per heavy atom. The number of ether oxygens (including phenoxy) is 2. The predicted molar refractivity (Wildman–Crippen MR) is 90.3 cm³/mol. The molecule has 0 saturated heterocycles. The van der Waals surface area contributed by atoms with E-state index < -0.39 is 5.60 Å². The van der Waals surface area contributed by atoms with Crippen molar-refractivity contribution in [3.63, 3.8) is 0 Å². The molecule has 0 aromatic heterocycles. The van der Waals surface area contributed by atoms with Gasteiger partial charge in [0.05, 0.1) is 13.0 Å². The van der Waals surface area contributed by atoms with E-state index in [1.54, 1.807) is 43.3 Å². The van der Waals surface area contributed by atoms with Crippen LogP contribution in [0.3, 0.4) is 0 Å². The molecule has 0 unspecified atom stereocenters. The fraction of sp³-hybridized carbons (Fsp3) is 0.278. The van der Waals surface area contributed by atoms with Crippen molar-refractivity contribution >= 4 is 17.5 Å². The lowest BCUT2D eigenvalue weighted by atomic mass is 9.96. The minimum Gasteiger partial charge on any atom is -0.454 e. The van der Waals surface area contributed by atoms with Gasteiger partial charge in [-0.1, -0.05) is 29.8 Å². The van der Waals surface area contributed by atoms with Gasteiger partial charge in [0.25, 0.3) is 0 Å². The summed E-state index contributed by atoms with van der Waals surface area (Å²) in [5, 5.41) is 13.8. The van der Waals surface area contributed by atoms with Crippen molar-refractivity contribution in [1.82, 2.24) is 5.32 Å². The predicted octanol–water partition coefficient (Wildman–Crippen LogP) is 2.64. The van der Waals surface area contributed by atoms with E-state index in [1.807, 2.05) is 6.07 Å². The van der Waals surface area contributed by atoms with Crippen LogP contribution in [0, 0.1) is 0 Å². The highest BCUT2D eigenvalue weighted by Crippen LogP contribution is 2.32. The summed E-state index contributed by atoms with van der Waals surface area (Å²) in [4.78, 5) is 12.1. The van der Waals surface area contributed by atoms with Crippen LogP contribution in [-0.2, 0) is 16.8 Å². The molecule has 0 fully saturated rings. The van der Waals surface area contributed by atoms with Crippen molar-refractivity contribution in [2.24, 2.45) is 0 Å². The summed E-state index contributed by atoms with van der Waals surface area (Å²) in [5.74, 6) is 1.14. The normalized spacial score (nSPS) is 15.0. The summed E-state index contributed by atoms with van der Waals surface area (Å²) in [6.45, 7) is 1.93. The molecule has 1 heterocycles. The van der Waals surface area contributed by atoms with E-state index in [9.17, 15) is 9.90 Å². The Morgan fingerprint density at radius 3 is 2.83 bits per heavy atom. The average Bonchev–Trinajstić information content (AvgIpc) is 3.01. The van der Waals surface area contributed by atoms with Gasteiger partial charge in [-0.25, -0.2) is 0 Å². The fourth-order valence-electron chi connectivity index (χ4n) is 2.50. The smallest absolute Gasteiger partial charge is 0.231 e. The van der Waals surface area contributed by atoms with E-state index in [-0.39, 0.29) is 25.7 Å². The van der Waals surface area contributed by atoms with Crippen LogP contribution in [-0.4, -0.2) is 24.4 Å². The lowest BCUT2D eigenvalue weighted by molar-refractivity contribution is -0.121. The lowest BCUT2D eigenvalue weighted by Gasteiger charge is -2.24. The zero-order valence-corrected chi connectivity index (χ0v) is 14.0. The maximum atomic E-state index is 12.1. The molecular formula is C18H18ClNO4. The molecule has 0 saturated carbocycles. The highest BCUT2D eigenvalue weighted by molar-refractivity contribution is 6.30. The molecule has 2 N–H and O–H groups in total. The van der Waals surface area contributed by atoms with E-state index in [0.717, 1.165) is 5.56 Å². The van der Waals surface area contributed by atoms with Crippen LogP contribution in [0.2, 0.25) is 5.02 Å². The number of aliphatic hydroxyl groups is 1. The average molecular weight is 348 g/mol. The van der Waals surface area contributed by atoms with Crippen molar-refractivity contribution in [1.29, 1.82) is 0 Å². The highest BCUT2D eigenvalue weighted by Gasteiger charge is 2.24. The van der Waals surface area contributed by atoms with E-state index in [4.69, 9.17) is 21.1 Å². The molecule has 126 valence electrons. The van der Waals surface area contributed by atoms with Crippen molar-refractivity contribution in [3.05, 3.63) is 58.6 Å². The summed E-state index contributed by atoms with van der Waals surface area (Å²) in [6, 6.07) is 12.4. The van der Waals surface area contributed by atoms with Gasteiger partial charge in [0.2, 0.25) is 12.7 Å². The van der Waals surface area contributed by atoms with Gasteiger partial charge in [-0.05, 0) is 42.3 Å². The summed E-state index contributed by atoms with van der Waals surface area (Å²) in [7, 11) is 0. The van der Waals surface area contributed by atoms with Crippen LogP contribution in [0.15, 0.2) is 42.5 Å². The zero-order chi connectivity index (χ0) is 17.2. The number of amides is 1. The zero-order valence-electron chi connectivity index (χ0n) is 13.2. The van der Waals surface area contributed by atoms with Crippen LogP contribution in [0.5, 0.6) is 11.5 Å². The summed E-state index contributed by atoms with van der Waals surface area (Å²) in [6.07, 6.45) is 0.197. The second-order valence-electron chi connectivity index (χ2n) is 5.93. The van der Waals surface area contributed by atoms with Gasteiger partial charge in [-0.15, -0.1) is 0 Å². The first kappa shape index (κ1) is 16.6. The van der Waals surface area contributed by atoms with Gasteiger partial charge in [-0.2, -0.15) is 0 Å². The monoisotopic (exact) mass is 347 g/mol. The number of carbonyl (C=O) groups excluding carboxylic acids is 1. The van der Waals surface area contributed by atoms with Crippen molar-refractivity contribution in [2.45, 2.75) is 18.9 Å². The molecule has 1 atom stereocenters. The molecule has 1 amide bonds. The molecule has 24 heavy (non-hydrogen) atoms.